The second-order valence-electron chi connectivity index (χ2n) is 3.46. The molecule has 0 radical (unpaired) electrons. The molecule has 0 aliphatic heterocycles. The molecule has 0 spiro atoms. The molecule has 0 saturated heterocycles. The molecule has 2 rings (SSSR count). The molecule has 1 heterocycles. The van der Waals surface area contributed by atoms with Gasteiger partial charge in [-0.1, -0.05) is 6.07 Å². The topological polar surface area (TPSA) is 95.8 Å². The molecule has 1 aromatic heterocycles. The molecule has 0 saturated carbocycles. The maximum atomic E-state index is 12.1. The molecular weight excluding hydrogens is 234 g/mol. The highest BCUT2D eigenvalue weighted by molar-refractivity contribution is 5.93. The van der Waals surface area contributed by atoms with Crippen molar-refractivity contribution in [2.24, 2.45) is 0 Å². The predicted molar refractivity (Wildman–Crippen MR) is 63.0 cm³/mol. The number of aromatic amines is 1. The van der Waals surface area contributed by atoms with Crippen molar-refractivity contribution < 1.29 is 9.53 Å². The normalized spacial score (nSPS) is 10.0. The van der Waals surface area contributed by atoms with Gasteiger partial charge in [-0.25, -0.2) is 4.79 Å². The van der Waals surface area contributed by atoms with E-state index in [-0.39, 0.29) is 23.3 Å². The summed E-state index contributed by atoms with van der Waals surface area (Å²) in [5, 5.41) is 15.4. The van der Waals surface area contributed by atoms with Gasteiger partial charge in [0.2, 0.25) is 11.1 Å². The summed E-state index contributed by atoms with van der Waals surface area (Å²) in [4.78, 5) is 23.6. The Kier molecular flexibility index (Phi) is 3.06. The van der Waals surface area contributed by atoms with E-state index in [2.05, 4.69) is 10.2 Å². The van der Waals surface area contributed by atoms with Crippen molar-refractivity contribution in [3.8, 4) is 6.07 Å². The molecule has 6 nitrogen and oxygen atoms in total. The summed E-state index contributed by atoms with van der Waals surface area (Å²) in [5.74, 6) is -0.798. The zero-order valence-electron chi connectivity index (χ0n) is 9.56. The largest absolute Gasteiger partial charge is 0.461 e. The van der Waals surface area contributed by atoms with Crippen LogP contribution in [0.25, 0.3) is 10.9 Å². The molecule has 18 heavy (non-hydrogen) atoms. The van der Waals surface area contributed by atoms with E-state index in [1.807, 2.05) is 6.07 Å². The van der Waals surface area contributed by atoms with E-state index in [0.29, 0.717) is 5.52 Å². The van der Waals surface area contributed by atoms with E-state index in [1.165, 1.54) is 6.07 Å². The van der Waals surface area contributed by atoms with Crippen LogP contribution in [0.15, 0.2) is 23.0 Å². The quantitative estimate of drug-likeness (QED) is 0.793. The van der Waals surface area contributed by atoms with Crippen LogP contribution in [-0.2, 0) is 4.74 Å². The second-order valence-corrected chi connectivity index (χ2v) is 3.46. The van der Waals surface area contributed by atoms with Gasteiger partial charge in [-0.2, -0.15) is 10.4 Å². The summed E-state index contributed by atoms with van der Waals surface area (Å²) in [6.45, 7) is 1.78. The Morgan fingerprint density at radius 3 is 3.00 bits per heavy atom. The molecule has 0 atom stereocenters. The van der Waals surface area contributed by atoms with Crippen molar-refractivity contribution in [1.82, 2.24) is 10.2 Å². The average Bonchev–Trinajstić information content (AvgIpc) is 2.38. The smallest absolute Gasteiger partial charge is 0.362 e. The average molecular weight is 243 g/mol. The predicted octanol–water partition coefficient (Wildman–Crippen LogP) is 0.971. The Morgan fingerprint density at radius 2 is 2.33 bits per heavy atom. The molecule has 0 fully saturated rings. The van der Waals surface area contributed by atoms with Crippen molar-refractivity contribution in [2.45, 2.75) is 6.92 Å². The van der Waals surface area contributed by atoms with Crippen molar-refractivity contribution in [1.29, 1.82) is 5.26 Å². The molecule has 2 aromatic rings. The highest BCUT2D eigenvalue weighted by atomic mass is 16.5. The van der Waals surface area contributed by atoms with Crippen molar-refractivity contribution in [2.75, 3.05) is 6.61 Å². The lowest BCUT2D eigenvalue weighted by atomic mass is 10.1. The molecule has 0 aliphatic carbocycles. The Morgan fingerprint density at radius 1 is 1.56 bits per heavy atom. The number of carbonyl (C=O) groups is 1. The number of hydrogen-bond acceptors (Lipinski definition) is 5. The molecule has 90 valence electrons. The highest BCUT2D eigenvalue weighted by Gasteiger charge is 2.17. The summed E-state index contributed by atoms with van der Waals surface area (Å²) in [6, 6.07) is 6.65. The number of nitrogens with one attached hydrogen (secondary N) is 1. The molecule has 0 bridgehead atoms. The molecule has 1 aromatic carbocycles. The van der Waals surface area contributed by atoms with E-state index in [1.54, 1.807) is 19.1 Å². The third kappa shape index (κ3) is 1.82. The lowest BCUT2D eigenvalue weighted by molar-refractivity contribution is 0.0517. The molecule has 1 N–H and O–H groups in total. The number of carbonyl (C=O) groups excluding carboxylic acids is 1. The Bertz CT molecular complexity index is 713. The van der Waals surface area contributed by atoms with Crippen LogP contribution in [0.5, 0.6) is 0 Å². The van der Waals surface area contributed by atoms with E-state index < -0.39 is 11.4 Å². The second kappa shape index (κ2) is 4.67. The summed E-state index contributed by atoms with van der Waals surface area (Å²) < 4.78 is 4.73. The summed E-state index contributed by atoms with van der Waals surface area (Å²) in [7, 11) is 0. The van der Waals surface area contributed by atoms with Gasteiger partial charge in [0.1, 0.15) is 0 Å². The Balaban J connectivity index is 2.75. The first-order valence-corrected chi connectivity index (χ1v) is 5.27. The number of esters is 1. The minimum Gasteiger partial charge on any atom is -0.461 e. The molecule has 0 unspecified atom stereocenters. The van der Waals surface area contributed by atoms with Crippen molar-refractivity contribution in [3.05, 3.63) is 39.7 Å². The number of H-pyrrole nitrogens is 1. The third-order valence-corrected chi connectivity index (χ3v) is 2.38. The SMILES string of the molecule is CCOC(=O)c1n[nH]c2cccc(C#N)c2c1=O. The summed E-state index contributed by atoms with van der Waals surface area (Å²) >= 11 is 0. The minimum absolute atomic E-state index is 0.151. The van der Waals surface area contributed by atoms with Crippen molar-refractivity contribution in [3.63, 3.8) is 0 Å². The summed E-state index contributed by atoms with van der Waals surface area (Å²) in [5.41, 5.74) is -0.333. The van der Waals surface area contributed by atoms with E-state index in [4.69, 9.17) is 10.00 Å². The number of rotatable bonds is 2. The van der Waals surface area contributed by atoms with Crippen LogP contribution in [0, 0.1) is 11.3 Å². The molecule has 0 amide bonds. The van der Waals surface area contributed by atoms with Gasteiger partial charge in [0.25, 0.3) is 0 Å². The fourth-order valence-corrected chi connectivity index (χ4v) is 1.61. The standard InChI is InChI=1S/C12H9N3O3/c1-2-18-12(17)10-11(16)9-7(6-13)4-3-5-8(9)14-15-10/h3-5H,2H2,1H3,(H,14,16). The van der Waals surface area contributed by atoms with Crippen LogP contribution in [0.3, 0.4) is 0 Å². The first kappa shape index (κ1) is 11.8. The fourth-order valence-electron chi connectivity index (χ4n) is 1.61. The number of nitrogens with zero attached hydrogens (tertiary/aromatic N) is 2. The van der Waals surface area contributed by atoms with E-state index in [9.17, 15) is 9.59 Å². The van der Waals surface area contributed by atoms with Crippen LogP contribution in [0.2, 0.25) is 0 Å². The number of aromatic nitrogens is 2. The maximum absolute atomic E-state index is 12.1. The highest BCUT2D eigenvalue weighted by Crippen LogP contribution is 2.11. The van der Waals surface area contributed by atoms with Gasteiger partial charge in [0, 0.05) is 0 Å². The molecule has 0 aliphatic rings. The number of ether oxygens (including phenoxy) is 1. The van der Waals surface area contributed by atoms with Gasteiger partial charge in [0.15, 0.2) is 0 Å². The van der Waals surface area contributed by atoms with Crippen molar-refractivity contribution >= 4 is 16.9 Å². The lowest BCUT2D eigenvalue weighted by Gasteiger charge is -2.02. The van der Waals surface area contributed by atoms with Gasteiger partial charge >= 0.3 is 5.97 Å². The van der Waals surface area contributed by atoms with Crippen LogP contribution in [0.1, 0.15) is 23.0 Å². The first-order chi connectivity index (χ1) is 8.69. The van der Waals surface area contributed by atoms with E-state index >= 15 is 0 Å². The zero-order valence-corrected chi connectivity index (χ0v) is 9.56. The zero-order chi connectivity index (χ0) is 13.1. The van der Waals surface area contributed by atoms with Gasteiger partial charge in [-0.15, -0.1) is 0 Å². The van der Waals surface area contributed by atoms with Crippen LogP contribution in [-0.4, -0.2) is 22.8 Å². The number of hydrogen-bond donors (Lipinski definition) is 1. The van der Waals surface area contributed by atoms with E-state index in [0.717, 1.165) is 0 Å². The van der Waals surface area contributed by atoms with Crippen LogP contribution >= 0.6 is 0 Å². The number of nitriles is 1. The van der Waals surface area contributed by atoms with Crippen LogP contribution < -0.4 is 5.43 Å². The summed E-state index contributed by atoms with van der Waals surface area (Å²) in [6.07, 6.45) is 0. The number of benzene rings is 1. The number of fused-ring (bicyclic) bond motifs is 1. The van der Waals surface area contributed by atoms with Gasteiger partial charge in [-0.3, -0.25) is 9.89 Å². The first-order valence-electron chi connectivity index (χ1n) is 5.27. The maximum Gasteiger partial charge on any atom is 0.362 e. The van der Waals surface area contributed by atoms with Gasteiger partial charge < -0.3 is 4.74 Å². The molecule has 6 heteroatoms. The minimum atomic E-state index is -0.798. The fraction of sp³-hybridized carbons (Fsp3) is 0.167. The van der Waals surface area contributed by atoms with Gasteiger partial charge in [0.05, 0.1) is 29.1 Å². The Hall–Kier alpha value is -2.68. The third-order valence-electron chi connectivity index (χ3n) is 2.38. The lowest BCUT2D eigenvalue weighted by Crippen LogP contribution is -2.21. The monoisotopic (exact) mass is 243 g/mol. The van der Waals surface area contributed by atoms with Gasteiger partial charge in [-0.05, 0) is 19.1 Å². The Labute approximate surface area is 102 Å². The van der Waals surface area contributed by atoms with Crippen LogP contribution in [0.4, 0.5) is 0 Å². The molecular formula is C12H9N3O3.